The smallest absolute Gasteiger partial charge is 0.0360 e. The minimum Gasteiger partial charge on any atom is -0.312 e. The highest BCUT2D eigenvalue weighted by molar-refractivity contribution is 5.15. The van der Waals surface area contributed by atoms with Gasteiger partial charge in [-0.05, 0) is 69.4 Å². The van der Waals surface area contributed by atoms with Crippen LogP contribution in [0.15, 0.2) is 24.5 Å². The fourth-order valence-corrected chi connectivity index (χ4v) is 4.03. The van der Waals surface area contributed by atoms with Crippen molar-refractivity contribution in [2.75, 3.05) is 19.6 Å². The van der Waals surface area contributed by atoms with Gasteiger partial charge < -0.3 is 5.32 Å². The van der Waals surface area contributed by atoms with Crippen LogP contribution in [0.1, 0.15) is 52.0 Å². The van der Waals surface area contributed by atoms with Gasteiger partial charge in [-0.1, -0.05) is 20.8 Å². The first kappa shape index (κ1) is 16.4. The molecule has 1 aromatic rings. The van der Waals surface area contributed by atoms with Crippen LogP contribution in [0.25, 0.3) is 0 Å². The second-order valence-corrected chi connectivity index (χ2v) is 6.17. The van der Waals surface area contributed by atoms with Crippen molar-refractivity contribution in [2.45, 2.75) is 64.5 Å². The molecule has 1 fully saturated rings. The summed E-state index contributed by atoms with van der Waals surface area (Å²) >= 11 is 0. The Morgan fingerprint density at radius 1 is 1.14 bits per heavy atom. The third-order valence-corrected chi connectivity index (χ3v) is 5.25. The molecule has 0 aromatic carbocycles. The third kappa shape index (κ3) is 3.64. The molecule has 1 saturated heterocycles. The van der Waals surface area contributed by atoms with Gasteiger partial charge in [0.05, 0.1) is 0 Å². The second kappa shape index (κ2) is 7.90. The number of pyridine rings is 1. The molecule has 0 radical (unpaired) electrons. The molecule has 1 atom stereocenters. The zero-order valence-electron chi connectivity index (χ0n) is 13.9. The number of rotatable bonds is 8. The Balaban J connectivity index is 2.23. The molecule has 118 valence electrons. The van der Waals surface area contributed by atoms with Gasteiger partial charge in [-0.25, -0.2) is 0 Å². The van der Waals surface area contributed by atoms with E-state index in [4.69, 9.17) is 0 Å². The van der Waals surface area contributed by atoms with Gasteiger partial charge in [-0.3, -0.25) is 9.88 Å². The summed E-state index contributed by atoms with van der Waals surface area (Å²) in [6.45, 7) is 10.5. The lowest BCUT2D eigenvalue weighted by Gasteiger charge is -2.47. The van der Waals surface area contributed by atoms with E-state index in [0.717, 1.165) is 13.0 Å². The Morgan fingerprint density at radius 2 is 1.76 bits per heavy atom. The molecule has 0 aliphatic carbocycles. The first-order chi connectivity index (χ1) is 10.3. The Bertz CT molecular complexity index is 394. The minimum atomic E-state index is 0.287. The quantitative estimate of drug-likeness (QED) is 0.796. The van der Waals surface area contributed by atoms with Crippen LogP contribution < -0.4 is 5.32 Å². The molecule has 2 heterocycles. The number of aromatic nitrogens is 1. The summed E-state index contributed by atoms with van der Waals surface area (Å²) in [7, 11) is 0. The molecule has 3 nitrogen and oxygen atoms in total. The molecule has 0 saturated carbocycles. The number of likely N-dealkylation sites (N-methyl/N-ethyl adjacent to an activating group) is 1. The SMILES string of the molecule is CCNC(Cc1ccncc1)C(CC)(CC)N1CCCC1. The molecule has 0 spiro atoms. The van der Waals surface area contributed by atoms with Crippen LogP contribution in [0.5, 0.6) is 0 Å². The molecule has 21 heavy (non-hydrogen) atoms. The van der Waals surface area contributed by atoms with E-state index in [9.17, 15) is 0 Å². The zero-order valence-corrected chi connectivity index (χ0v) is 13.9. The Morgan fingerprint density at radius 3 is 2.29 bits per heavy atom. The summed E-state index contributed by atoms with van der Waals surface area (Å²) in [5.74, 6) is 0. The van der Waals surface area contributed by atoms with Crippen LogP contribution in [-0.2, 0) is 6.42 Å². The molecule has 0 bridgehead atoms. The van der Waals surface area contributed by atoms with Crippen molar-refractivity contribution in [3.63, 3.8) is 0 Å². The molecule has 2 rings (SSSR count). The Hall–Kier alpha value is -0.930. The minimum absolute atomic E-state index is 0.287. The van der Waals surface area contributed by atoms with Crippen LogP contribution >= 0.6 is 0 Å². The van der Waals surface area contributed by atoms with Crippen LogP contribution in [-0.4, -0.2) is 41.1 Å². The molecule has 1 aliphatic rings. The Kier molecular flexibility index (Phi) is 6.19. The summed E-state index contributed by atoms with van der Waals surface area (Å²) in [4.78, 5) is 6.90. The summed E-state index contributed by atoms with van der Waals surface area (Å²) in [6.07, 6.45) is 10.1. The number of likely N-dealkylation sites (tertiary alicyclic amines) is 1. The lowest BCUT2D eigenvalue weighted by molar-refractivity contribution is 0.0626. The average molecular weight is 289 g/mol. The largest absolute Gasteiger partial charge is 0.312 e. The summed E-state index contributed by atoms with van der Waals surface area (Å²) in [5.41, 5.74) is 1.68. The van der Waals surface area contributed by atoms with E-state index in [0.29, 0.717) is 6.04 Å². The van der Waals surface area contributed by atoms with E-state index < -0.39 is 0 Å². The zero-order chi connectivity index (χ0) is 15.1. The molecule has 1 aromatic heterocycles. The highest BCUT2D eigenvalue weighted by Crippen LogP contribution is 2.33. The predicted octanol–water partition coefficient (Wildman–Crippen LogP) is 3.26. The maximum atomic E-state index is 4.15. The van der Waals surface area contributed by atoms with E-state index in [1.54, 1.807) is 0 Å². The first-order valence-electron chi connectivity index (χ1n) is 8.64. The molecular formula is C18H31N3. The van der Waals surface area contributed by atoms with Gasteiger partial charge in [0, 0.05) is 24.0 Å². The topological polar surface area (TPSA) is 28.2 Å². The maximum Gasteiger partial charge on any atom is 0.0360 e. The van der Waals surface area contributed by atoms with E-state index in [1.807, 2.05) is 12.4 Å². The highest BCUT2D eigenvalue weighted by Gasteiger charge is 2.41. The molecule has 1 aliphatic heterocycles. The van der Waals surface area contributed by atoms with Crippen LogP contribution in [0.4, 0.5) is 0 Å². The van der Waals surface area contributed by atoms with Gasteiger partial charge in [0.25, 0.3) is 0 Å². The molecule has 1 N–H and O–H groups in total. The van der Waals surface area contributed by atoms with Crippen molar-refractivity contribution < 1.29 is 0 Å². The van der Waals surface area contributed by atoms with Crippen LogP contribution in [0.2, 0.25) is 0 Å². The van der Waals surface area contributed by atoms with E-state index in [1.165, 1.54) is 44.3 Å². The van der Waals surface area contributed by atoms with Gasteiger partial charge in [-0.2, -0.15) is 0 Å². The van der Waals surface area contributed by atoms with Gasteiger partial charge in [0.15, 0.2) is 0 Å². The van der Waals surface area contributed by atoms with Crippen molar-refractivity contribution in [3.8, 4) is 0 Å². The standard InChI is InChI=1S/C18H31N3/c1-4-18(5-2,21-13-7-8-14-21)17(20-6-3)15-16-9-11-19-12-10-16/h9-12,17,20H,4-8,13-15H2,1-3H3. The molecular weight excluding hydrogens is 258 g/mol. The lowest BCUT2D eigenvalue weighted by atomic mass is 9.79. The van der Waals surface area contributed by atoms with Gasteiger partial charge in [-0.15, -0.1) is 0 Å². The van der Waals surface area contributed by atoms with Crippen LogP contribution in [0, 0.1) is 0 Å². The fourth-order valence-electron chi connectivity index (χ4n) is 4.03. The number of hydrogen-bond donors (Lipinski definition) is 1. The van der Waals surface area contributed by atoms with Crippen LogP contribution in [0.3, 0.4) is 0 Å². The van der Waals surface area contributed by atoms with E-state index in [-0.39, 0.29) is 5.54 Å². The number of hydrogen-bond acceptors (Lipinski definition) is 3. The monoisotopic (exact) mass is 289 g/mol. The van der Waals surface area contributed by atoms with Gasteiger partial charge in [0.2, 0.25) is 0 Å². The summed E-state index contributed by atoms with van der Waals surface area (Å²) in [6, 6.07) is 4.83. The van der Waals surface area contributed by atoms with Gasteiger partial charge in [0.1, 0.15) is 0 Å². The van der Waals surface area contributed by atoms with Crippen molar-refractivity contribution in [3.05, 3.63) is 30.1 Å². The summed E-state index contributed by atoms with van der Waals surface area (Å²) < 4.78 is 0. The predicted molar refractivity (Wildman–Crippen MR) is 89.5 cm³/mol. The second-order valence-electron chi connectivity index (χ2n) is 6.17. The average Bonchev–Trinajstić information content (AvgIpc) is 3.05. The number of nitrogens with zero attached hydrogens (tertiary/aromatic N) is 2. The first-order valence-corrected chi connectivity index (χ1v) is 8.64. The normalized spacial score (nSPS) is 18.0. The van der Waals surface area contributed by atoms with Crippen molar-refractivity contribution >= 4 is 0 Å². The van der Waals surface area contributed by atoms with E-state index >= 15 is 0 Å². The van der Waals surface area contributed by atoms with Crippen molar-refractivity contribution in [2.24, 2.45) is 0 Å². The number of nitrogens with one attached hydrogen (secondary N) is 1. The lowest BCUT2D eigenvalue weighted by Crippen LogP contribution is -2.61. The molecule has 0 amide bonds. The third-order valence-electron chi connectivity index (χ3n) is 5.25. The summed E-state index contributed by atoms with van der Waals surface area (Å²) in [5, 5.41) is 3.79. The van der Waals surface area contributed by atoms with E-state index in [2.05, 4.69) is 48.1 Å². The van der Waals surface area contributed by atoms with Crippen molar-refractivity contribution in [1.82, 2.24) is 15.2 Å². The maximum absolute atomic E-state index is 4.15. The molecule has 1 unspecified atom stereocenters. The highest BCUT2D eigenvalue weighted by atomic mass is 15.2. The Labute approximate surface area is 130 Å². The van der Waals surface area contributed by atoms with Crippen molar-refractivity contribution in [1.29, 1.82) is 0 Å². The van der Waals surface area contributed by atoms with Gasteiger partial charge >= 0.3 is 0 Å². The fraction of sp³-hybridized carbons (Fsp3) is 0.722. The molecule has 3 heteroatoms.